The average molecular weight is 395 g/mol. The maximum atomic E-state index is 12.5. The first kappa shape index (κ1) is 20.6. The van der Waals surface area contributed by atoms with E-state index >= 15 is 0 Å². The molecule has 9 heteroatoms. The molecule has 27 heavy (non-hydrogen) atoms. The summed E-state index contributed by atoms with van der Waals surface area (Å²) in [5.74, 6) is -1.11. The molecule has 0 atom stereocenters. The van der Waals surface area contributed by atoms with Gasteiger partial charge >= 0.3 is 5.97 Å². The number of ether oxygens (including phenoxy) is 3. The second kappa shape index (κ2) is 7.91. The molecule has 146 valence electrons. The molecule has 0 unspecified atom stereocenters. The minimum Gasteiger partial charge on any atom is -0.502 e. The quantitative estimate of drug-likeness (QED) is 0.600. The molecule has 0 aliphatic carbocycles. The molecular weight excluding hydrogens is 374 g/mol. The third-order valence-corrected chi connectivity index (χ3v) is 4.29. The molecule has 0 radical (unpaired) electrons. The van der Waals surface area contributed by atoms with Gasteiger partial charge in [-0.15, -0.1) is 0 Å². The van der Waals surface area contributed by atoms with Crippen molar-refractivity contribution in [3.63, 3.8) is 0 Å². The highest BCUT2D eigenvalue weighted by Gasteiger charge is 2.37. The smallest absolute Gasteiger partial charge is 0.326 e. The van der Waals surface area contributed by atoms with Crippen molar-refractivity contribution >= 4 is 35.0 Å². The molecule has 8 nitrogen and oxygen atoms in total. The van der Waals surface area contributed by atoms with Crippen molar-refractivity contribution in [1.29, 1.82) is 0 Å². The van der Waals surface area contributed by atoms with Crippen LogP contribution in [0, 0.1) is 0 Å². The Balaban J connectivity index is 2.25. The number of benzene rings is 1. The maximum Gasteiger partial charge on any atom is 0.326 e. The standard InChI is InChI=1S/C18H21NO7S/c1-18(2,3)26-14(20)9-19-16(22)13(27-17(19)23)8-10-6-11(24-4)15(21)12(7-10)25-5/h6-8,21H,9H2,1-5H3. The van der Waals surface area contributed by atoms with Gasteiger partial charge in [-0.1, -0.05) is 0 Å². The van der Waals surface area contributed by atoms with Crippen LogP contribution in [-0.2, 0) is 14.3 Å². The van der Waals surface area contributed by atoms with Gasteiger partial charge in [0, 0.05) is 0 Å². The molecule has 1 aromatic rings. The summed E-state index contributed by atoms with van der Waals surface area (Å²) in [6, 6.07) is 3.00. The van der Waals surface area contributed by atoms with E-state index in [4.69, 9.17) is 14.2 Å². The summed E-state index contributed by atoms with van der Waals surface area (Å²) in [7, 11) is 2.76. The molecule has 2 rings (SSSR count). The molecule has 0 aromatic heterocycles. The number of hydrogen-bond donors (Lipinski definition) is 1. The molecular formula is C18H21NO7S. The van der Waals surface area contributed by atoms with E-state index in [-0.39, 0.29) is 22.2 Å². The average Bonchev–Trinajstić information content (AvgIpc) is 2.82. The van der Waals surface area contributed by atoms with Crippen molar-refractivity contribution in [2.75, 3.05) is 20.8 Å². The molecule has 2 amide bonds. The maximum absolute atomic E-state index is 12.5. The van der Waals surface area contributed by atoms with Crippen LogP contribution in [0.2, 0.25) is 0 Å². The lowest BCUT2D eigenvalue weighted by Gasteiger charge is -2.21. The van der Waals surface area contributed by atoms with Gasteiger partial charge in [-0.2, -0.15) is 0 Å². The monoisotopic (exact) mass is 395 g/mol. The minimum atomic E-state index is -0.714. The highest BCUT2D eigenvalue weighted by Crippen LogP contribution is 2.39. The SMILES string of the molecule is COc1cc(C=C2SC(=O)N(CC(=O)OC(C)(C)C)C2=O)cc(OC)c1O. The summed E-state index contributed by atoms with van der Waals surface area (Å²) in [4.78, 5) is 37.5. The number of nitrogens with zero attached hydrogens (tertiary/aromatic N) is 1. The Hall–Kier alpha value is -2.68. The minimum absolute atomic E-state index is 0.137. The molecule has 1 aliphatic heterocycles. The zero-order valence-electron chi connectivity index (χ0n) is 15.7. The summed E-state index contributed by atoms with van der Waals surface area (Å²) in [5.41, 5.74) is -0.224. The molecule has 1 heterocycles. The number of carbonyl (C=O) groups is 3. The number of hydrogen-bond acceptors (Lipinski definition) is 8. The first-order chi connectivity index (χ1) is 12.6. The second-order valence-corrected chi connectivity index (χ2v) is 7.62. The number of phenols is 1. The molecule has 0 bridgehead atoms. The third-order valence-electron chi connectivity index (χ3n) is 3.38. The van der Waals surface area contributed by atoms with Gasteiger partial charge in [0.25, 0.3) is 11.1 Å². The van der Waals surface area contributed by atoms with E-state index in [0.29, 0.717) is 17.3 Å². The summed E-state index contributed by atoms with van der Waals surface area (Å²) in [6.45, 7) is 4.64. The molecule has 1 saturated heterocycles. The Kier molecular flexibility index (Phi) is 6.04. The molecule has 1 aliphatic rings. The number of imide groups is 1. The van der Waals surface area contributed by atoms with E-state index in [2.05, 4.69) is 0 Å². The van der Waals surface area contributed by atoms with Crippen LogP contribution in [0.4, 0.5) is 4.79 Å². The van der Waals surface area contributed by atoms with Crippen LogP contribution in [0.15, 0.2) is 17.0 Å². The summed E-state index contributed by atoms with van der Waals surface area (Å²) >= 11 is 0.714. The number of phenolic OH excluding ortho intramolecular Hbond substituents is 1. The lowest BCUT2D eigenvalue weighted by Crippen LogP contribution is -2.37. The van der Waals surface area contributed by atoms with Crippen LogP contribution < -0.4 is 9.47 Å². The fourth-order valence-corrected chi connectivity index (χ4v) is 3.13. The summed E-state index contributed by atoms with van der Waals surface area (Å²) < 4.78 is 15.3. The Labute approximate surface area is 161 Å². The predicted octanol–water partition coefficient (Wildman–Crippen LogP) is 2.79. The highest BCUT2D eigenvalue weighted by molar-refractivity contribution is 8.18. The second-order valence-electron chi connectivity index (χ2n) is 6.63. The lowest BCUT2D eigenvalue weighted by atomic mass is 10.1. The number of amides is 2. The van der Waals surface area contributed by atoms with Crippen molar-refractivity contribution in [3.8, 4) is 17.2 Å². The number of carbonyl (C=O) groups excluding carboxylic acids is 3. The van der Waals surface area contributed by atoms with Crippen LogP contribution in [0.3, 0.4) is 0 Å². The van der Waals surface area contributed by atoms with Crippen LogP contribution in [-0.4, -0.2) is 53.5 Å². The third kappa shape index (κ3) is 4.94. The Bertz CT molecular complexity index is 785. The van der Waals surface area contributed by atoms with E-state index in [9.17, 15) is 19.5 Å². The van der Waals surface area contributed by atoms with E-state index in [1.54, 1.807) is 20.8 Å². The normalized spacial score (nSPS) is 16.0. The summed E-state index contributed by atoms with van der Waals surface area (Å²) in [5, 5.41) is 9.39. The number of rotatable bonds is 5. The van der Waals surface area contributed by atoms with Crippen LogP contribution in [0.1, 0.15) is 26.3 Å². The van der Waals surface area contributed by atoms with Crippen molar-refractivity contribution in [2.45, 2.75) is 26.4 Å². The van der Waals surface area contributed by atoms with Crippen molar-refractivity contribution in [2.24, 2.45) is 0 Å². The van der Waals surface area contributed by atoms with Gasteiger partial charge < -0.3 is 19.3 Å². The topological polar surface area (TPSA) is 102 Å². The molecule has 0 spiro atoms. The van der Waals surface area contributed by atoms with E-state index in [1.807, 2.05) is 0 Å². The van der Waals surface area contributed by atoms with Gasteiger partial charge in [-0.3, -0.25) is 19.3 Å². The number of esters is 1. The number of methoxy groups -OCH3 is 2. The lowest BCUT2D eigenvalue weighted by molar-refractivity contribution is -0.156. The van der Waals surface area contributed by atoms with Crippen molar-refractivity contribution < 1.29 is 33.7 Å². The fourth-order valence-electron chi connectivity index (χ4n) is 2.29. The number of thioether (sulfide) groups is 1. The zero-order valence-corrected chi connectivity index (χ0v) is 16.5. The van der Waals surface area contributed by atoms with Crippen molar-refractivity contribution in [1.82, 2.24) is 4.90 Å². The van der Waals surface area contributed by atoms with E-state index < -0.39 is 29.3 Å². The van der Waals surface area contributed by atoms with Gasteiger partial charge in [-0.05, 0) is 56.3 Å². The Morgan fingerprint density at radius 3 is 2.22 bits per heavy atom. The van der Waals surface area contributed by atoms with Gasteiger partial charge in [0.1, 0.15) is 12.1 Å². The number of aromatic hydroxyl groups is 1. The van der Waals surface area contributed by atoms with Crippen LogP contribution >= 0.6 is 11.8 Å². The first-order valence-electron chi connectivity index (χ1n) is 7.98. The van der Waals surface area contributed by atoms with Gasteiger partial charge in [0.05, 0.1) is 19.1 Å². The van der Waals surface area contributed by atoms with E-state index in [0.717, 1.165) is 4.90 Å². The van der Waals surface area contributed by atoms with Gasteiger partial charge in [-0.25, -0.2) is 0 Å². The fraction of sp³-hybridized carbons (Fsp3) is 0.389. The highest BCUT2D eigenvalue weighted by atomic mass is 32.2. The largest absolute Gasteiger partial charge is 0.502 e. The summed E-state index contributed by atoms with van der Waals surface area (Å²) in [6.07, 6.45) is 1.46. The molecule has 0 saturated carbocycles. The Morgan fingerprint density at radius 2 is 1.74 bits per heavy atom. The predicted molar refractivity (Wildman–Crippen MR) is 99.7 cm³/mol. The van der Waals surface area contributed by atoms with E-state index in [1.165, 1.54) is 32.4 Å². The zero-order chi connectivity index (χ0) is 20.4. The van der Waals surface area contributed by atoms with Gasteiger partial charge in [0.15, 0.2) is 11.5 Å². The molecule has 1 aromatic carbocycles. The van der Waals surface area contributed by atoms with Crippen LogP contribution in [0.5, 0.6) is 17.2 Å². The van der Waals surface area contributed by atoms with Crippen LogP contribution in [0.25, 0.3) is 6.08 Å². The van der Waals surface area contributed by atoms with Gasteiger partial charge in [0.2, 0.25) is 5.75 Å². The molecule has 1 fully saturated rings. The van der Waals surface area contributed by atoms with Crippen molar-refractivity contribution in [3.05, 3.63) is 22.6 Å². The molecule has 1 N–H and O–H groups in total. The first-order valence-corrected chi connectivity index (χ1v) is 8.79. The Morgan fingerprint density at radius 1 is 1.19 bits per heavy atom.